The van der Waals surface area contributed by atoms with Crippen LogP contribution in [0.2, 0.25) is 0 Å². The highest BCUT2D eigenvalue weighted by molar-refractivity contribution is 6.08. The molecule has 1 aliphatic heterocycles. The van der Waals surface area contributed by atoms with Gasteiger partial charge in [0.1, 0.15) is 11.3 Å². The fourth-order valence-electron chi connectivity index (χ4n) is 6.18. The van der Waals surface area contributed by atoms with E-state index in [0.717, 1.165) is 73.9 Å². The van der Waals surface area contributed by atoms with Gasteiger partial charge in [0.15, 0.2) is 5.82 Å². The van der Waals surface area contributed by atoms with Crippen molar-refractivity contribution in [1.82, 2.24) is 19.7 Å². The predicted octanol–water partition coefficient (Wildman–Crippen LogP) is 3.23. The van der Waals surface area contributed by atoms with Gasteiger partial charge in [-0.05, 0) is 25.5 Å². The number of nitrogen functional groups attached to an aromatic ring is 1. The molecule has 0 spiro atoms. The number of nitrogens with zero attached hydrogens (tertiary/aromatic N) is 5. The molecule has 0 atom stereocenters. The molecule has 3 aromatic rings. The Kier molecular flexibility index (Phi) is 25.4. The Hall–Kier alpha value is -3.07. The Labute approximate surface area is 349 Å². The first-order chi connectivity index (χ1) is 29.0. The average molecular weight is 835 g/mol. The largest absolute Gasteiger partial charge is 0.382 e. The van der Waals surface area contributed by atoms with Crippen molar-refractivity contribution in [2.24, 2.45) is 0 Å². The molecular formula is C42H70N6O11. The summed E-state index contributed by atoms with van der Waals surface area (Å²) in [6, 6.07) is 6.51. The highest BCUT2D eigenvalue weighted by Gasteiger charge is 2.19. The highest BCUT2D eigenvalue weighted by atomic mass is 16.6. The number of piperazine rings is 1. The SMILES string of the molecule is CCCCn1cc2c(n1)c(N)nc1cc(N3CCN(CCOCCOCCOCCOCCOCCOCCOCCOCCOCCOCCC(C)=O)CC3)ccc12. The fraction of sp³-hybridized carbons (Fsp3) is 0.738. The Morgan fingerprint density at radius 2 is 1.07 bits per heavy atom. The van der Waals surface area contributed by atoms with Gasteiger partial charge in [-0.15, -0.1) is 0 Å². The van der Waals surface area contributed by atoms with Crippen LogP contribution in [0.15, 0.2) is 24.4 Å². The molecule has 1 saturated heterocycles. The molecule has 3 heterocycles. The summed E-state index contributed by atoms with van der Waals surface area (Å²) >= 11 is 0. The molecule has 4 rings (SSSR count). The zero-order chi connectivity index (χ0) is 41.6. The van der Waals surface area contributed by atoms with Crippen LogP contribution in [-0.4, -0.2) is 190 Å². The summed E-state index contributed by atoms with van der Waals surface area (Å²) < 4.78 is 57.2. The third-order valence-corrected chi connectivity index (χ3v) is 9.49. The number of Topliss-reactive ketones (excluding diaryl/α,β-unsaturated/α-hetero) is 1. The quantitative estimate of drug-likeness (QED) is 0.0839. The van der Waals surface area contributed by atoms with Gasteiger partial charge in [0.25, 0.3) is 0 Å². The lowest BCUT2D eigenvalue weighted by Gasteiger charge is -2.36. The van der Waals surface area contributed by atoms with Gasteiger partial charge in [0.05, 0.1) is 138 Å². The second-order valence-electron chi connectivity index (χ2n) is 14.1. The van der Waals surface area contributed by atoms with Crippen LogP contribution < -0.4 is 10.6 Å². The average Bonchev–Trinajstić information content (AvgIpc) is 3.68. The number of aromatic nitrogens is 3. The van der Waals surface area contributed by atoms with E-state index in [1.807, 2.05) is 4.68 Å². The van der Waals surface area contributed by atoms with Crippen molar-refractivity contribution in [1.29, 1.82) is 0 Å². The molecular weight excluding hydrogens is 764 g/mol. The second-order valence-corrected chi connectivity index (χ2v) is 14.1. The third kappa shape index (κ3) is 20.4. The van der Waals surface area contributed by atoms with Gasteiger partial charge >= 0.3 is 0 Å². The van der Waals surface area contributed by atoms with Gasteiger partial charge in [-0.2, -0.15) is 5.10 Å². The van der Waals surface area contributed by atoms with E-state index in [1.54, 1.807) is 6.92 Å². The number of pyridine rings is 1. The van der Waals surface area contributed by atoms with Gasteiger partial charge in [-0.3, -0.25) is 14.4 Å². The molecule has 1 aromatic carbocycles. The number of carbonyl (C=O) groups excluding carboxylic acids is 1. The van der Waals surface area contributed by atoms with Crippen molar-refractivity contribution in [3.63, 3.8) is 0 Å². The number of ketones is 1. The third-order valence-electron chi connectivity index (χ3n) is 9.49. The first-order valence-electron chi connectivity index (χ1n) is 21.4. The summed E-state index contributed by atoms with van der Waals surface area (Å²) in [7, 11) is 0. The van der Waals surface area contributed by atoms with E-state index in [9.17, 15) is 4.79 Å². The molecule has 334 valence electrons. The van der Waals surface area contributed by atoms with Gasteiger partial charge < -0.3 is 58.0 Å². The summed E-state index contributed by atoms with van der Waals surface area (Å²) in [6.45, 7) is 19.7. The van der Waals surface area contributed by atoms with E-state index in [1.165, 1.54) is 5.69 Å². The Morgan fingerprint density at radius 3 is 1.53 bits per heavy atom. The number of aryl methyl sites for hydroxylation is 1. The molecule has 0 bridgehead atoms. The lowest BCUT2D eigenvalue weighted by atomic mass is 10.1. The van der Waals surface area contributed by atoms with Crippen molar-refractivity contribution < 1.29 is 52.2 Å². The number of unbranched alkanes of at least 4 members (excludes halogenated alkanes) is 1. The lowest BCUT2D eigenvalue weighted by molar-refractivity contribution is -0.118. The fourth-order valence-corrected chi connectivity index (χ4v) is 6.18. The summed E-state index contributed by atoms with van der Waals surface area (Å²) in [4.78, 5) is 20.4. The van der Waals surface area contributed by atoms with Crippen LogP contribution in [0.5, 0.6) is 0 Å². The molecule has 59 heavy (non-hydrogen) atoms. The predicted molar refractivity (Wildman–Crippen MR) is 226 cm³/mol. The molecule has 1 aliphatic rings. The first-order valence-corrected chi connectivity index (χ1v) is 21.4. The van der Waals surface area contributed by atoms with Crippen LogP contribution in [0.4, 0.5) is 11.5 Å². The van der Waals surface area contributed by atoms with Crippen LogP contribution in [0.3, 0.4) is 0 Å². The zero-order valence-corrected chi connectivity index (χ0v) is 35.6. The van der Waals surface area contributed by atoms with E-state index >= 15 is 0 Å². The van der Waals surface area contributed by atoms with E-state index < -0.39 is 0 Å². The maximum absolute atomic E-state index is 10.8. The molecule has 2 N–H and O–H groups in total. The van der Waals surface area contributed by atoms with Gasteiger partial charge in [-0.1, -0.05) is 19.4 Å². The van der Waals surface area contributed by atoms with Crippen LogP contribution in [0.1, 0.15) is 33.1 Å². The van der Waals surface area contributed by atoms with Crippen molar-refractivity contribution in [3.05, 3.63) is 24.4 Å². The maximum atomic E-state index is 10.8. The summed E-state index contributed by atoms with van der Waals surface area (Å²) in [5.74, 6) is 0.615. The number of ether oxygens (including phenoxy) is 10. The van der Waals surface area contributed by atoms with Crippen molar-refractivity contribution >= 4 is 39.1 Å². The lowest BCUT2D eigenvalue weighted by Crippen LogP contribution is -2.47. The minimum atomic E-state index is 0.126. The number of fused-ring (bicyclic) bond motifs is 3. The number of hydrogen-bond donors (Lipinski definition) is 1. The first kappa shape index (κ1) is 48.6. The Bertz CT molecular complexity index is 1540. The van der Waals surface area contributed by atoms with Gasteiger partial charge in [0.2, 0.25) is 0 Å². The molecule has 0 saturated carbocycles. The van der Waals surface area contributed by atoms with Crippen molar-refractivity contribution in [2.75, 3.05) is 175 Å². The van der Waals surface area contributed by atoms with Gasteiger partial charge in [0, 0.05) is 68.3 Å². The molecule has 0 radical (unpaired) electrons. The molecule has 0 amide bonds. The number of anilines is 2. The zero-order valence-electron chi connectivity index (χ0n) is 35.6. The van der Waals surface area contributed by atoms with E-state index in [-0.39, 0.29) is 5.78 Å². The van der Waals surface area contributed by atoms with Crippen molar-refractivity contribution in [3.8, 4) is 0 Å². The Balaban J connectivity index is 0.848. The number of hydrogen-bond acceptors (Lipinski definition) is 16. The normalized spacial score (nSPS) is 13.7. The highest BCUT2D eigenvalue weighted by Crippen LogP contribution is 2.30. The minimum Gasteiger partial charge on any atom is -0.382 e. The van der Waals surface area contributed by atoms with Gasteiger partial charge in [-0.25, -0.2) is 4.98 Å². The molecule has 17 heteroatoms. The summed E-state index contributed by atoms with van der Waals surface area (Å²) in [5.41, 5.74) is 9.20. The van der Waals surface area contributed by atoms with Crippen LogP contribution >= 0.6 is 0 Å². The number of nitrogens with two attached hydrogens (primary N) is 1. The van der Waals surface area contributed by atoms with E-state index in [0.29, 0.717) is 144 Å². The number of benzene rings is 1. The molecule has 17 nitrogen and oxygen atoms in total. The van der Waals surface area contributed by atoms with Crippen LogP contribution in [-0.2, 0) is 58.7 Å². The number of carbonyl (C=O) groups is 1. The standard InChI is InChI=1S/C42H70N6O11/c1-3-4-8-48-35-39-38-6-5-37(34-40(38)44-42(43)41(39)45-48)47-11-9-46(10-12-47)13-15-51-17-19-53-21-23-55-25-27-57-29-31-59-33-32-58-30-28-56-26-24-54-22-20-52-18-16-50-14-7-36(2)49/h5-6,34-35H,3-4,7-33H2,1-2H3,(H2,43,44). The molecule has 2 aromatic heterocycles. The molecule has 0 aliphatic carbocycles. The van der Waals surface area contributed by atoms with E-state index in [4.69, 9.17) is 58.1 Å². The Morgan fingerprint density at radius 1 is 0.610 bits per heavy atom. The topological polar surface area (TPSA) is 173 Å². The number of rotatable bonds is 37. The van der Waals surface area contributed by atoms with Crippen molar-refractivity contribution in [2.45, 2.75) is 39.7 Å². The monoisotopic (exact) mass is 835 g/mol. The summed E-state index contributed by atoms with van der Waals surface area (Å²) in [6.07, 6.45) is 4.75. The maximum Gasteiger partial charge on any atom is 0.152 e. The minimum absolute atomic E-state index is 0.126. The second kappa shape index (κ2) is 30.9. The smallest absolute Gasteiger partial charge is 0.152 e. The molecule has 1 fully saturated rings. The van der Waals surface area contributed by atoms with Crippen LogP contribution in [0.25, 0.3) is 21.8 Å². The van der Waals surface area contributed by atoms with E-state index in [2.05, 4.69) is 46.2 Å². The molecule has 0 unspecified atom stereocenters. The summed E-state index contributed by atoms with van der Waals surface area (Å²) in [5, 5.41) is 6.85. The van der Waals surface area contributed by atoms with Crippen LogP contribution in [0, 0.1) is 0 Å².